The Bertz CT molecular complexity index is 806. The van der Waals surface area contributed by atoms with E-state index in [2.05, 4.69) is 14.9 Å². The average molecular weight is 372 g/mol. The molecule has 0 saturated carbocycles. The molecule has 2 aliphatic heterocycles. The first-order chi connectivity index (χ1) is 13.1. The van der Waals surface area contributed by atoms with Crippen molar-refractivity contribution >= 4 is 11.6 Å². The third kappa shape index (κ3) is 3.77. The van der Waals surface area contributed by atoms with Crippen LogP contribution in [-0.4, -0.2) is 53.1 Å². The van der Waals surface area contributed by atoms with E-state index in [1.807, 2.05) is 0 Å². The van der Waals surface area contributed by atoms with Crippen molar-refractivity contribution in [2.45, 2.75) is 25.4 Å². The highest BCUT2D eigenvalue weighted by molar-refractivity contribution is 5.80. The highest BCUT2D eigenvalue weighted by Gasteiger charge is 2.33. The van der Waals surface area contributed by atoms with E-state index in [0.717, 1.165) is 29.8 Å². The summed E-state index contributed by atoms with van der Waals surface area (Å²) in [5.41, 5.74) is 2.48. The number of hydrogen-bond acceptors (Lipinski definition) is 4. The van der Waals surface area contributed by atoms with Gasteiger partial charge in [0.05, 0.1) is 24.1 Å². The zero-order valence-electron chi connectivity index (χ0n) is 15.0. The number of halogens is 2. The van der Waals surface area contributed by atoms with Crippen molar-refractivity contribution in [2.75, 3.05) is 31.1 Å². The summed E-state index contributed by atoms with van der Waals surface area (Å²) in [5.74, 6) is -0.255. The fraction of sp³-hybridized carbons (Fsp3) is 0.450. The van der Waals surface area contributed by atoms with Gasteiger partial charge < -0.3 is 9.80 Å². The molecule has 142 valence electrons. The number of amides is 1. The molecular weight excluding hydrogens is 350 g/mol. The van der Waals surface area contributed by atoms with Gasteiger partial charge in [-0.05, 0) is 43.5 Å². The molecule has 2 aliphatic rings. The molecule has 4 rings (SSSR count). The number of likely N-dealkylation sites (tertiary alicyclic amines) is 1. The maximum Gasteiger partial charge on any atom is 0.225 e. The van der Waals surface area contributed by atoms with Crippen LogP contribution in [0.3, 0.4) is 0 Å². The normalized spacial score (nSPS) is 20.9. The molecule has 27 heavy (non-hydrogen) atoms. The lowest BCUT2D eigenvalue weighted by Gasteiger charge is -2.35. The van der Waals surface area contributed by atoms with Gasteiger partial charge in [0.1, 0.15) is 18.3 Å². The average Bonchev–Trinajstić information content (AvgIpc) is 3.14. The lowest BCUT2D eigenvalue weighted by Crippen LogP contribution is -2.42. The number of aromatic nitrogens is 2. The molecule has 1 aromatic carbocycles. The molecule has 0 bridgehead atoms. The SMILES string of the molecule is O=C(C1CCN(c2cncnc2-c2ccc(F)cc2)CC1)N1CCC(F)C1. The topological polar surface area (TPSA) is 49.3 Å². The molecule has 3 heterocycles. The van der Waals surface area contributed by atoms with Crippen LogP contribution in [0.25, 0.3) is 11.3 Å². The number of hydrogen-bond donors (Lipinski definition) is 0. The van der Waals surface area contributed by atoms with Crippen LogP contribution < -0.4 is 4.90 Å². The standard InChI is InChI=1S/C20H22F2N4O/c21-16-3-1-14(2-4-16)19-18(11-23-13-24-19)25-8-5-15(6-9-25)20(27)26-10-7-17(22)12-26/h1-4,11,13,15,17H,5-10,12H2. The van der Waals surface area contributed by atoms with E-state index in [4.69, 9.17) is 0 Å². The largest absolute Gasteiger partial charge is 0.368 e. The van der Waals surface area contributed by atoms with E-state index >= 15 is 0 Å². The van der Waals surface area contributed by atoms with Crippen molar-refractivity contribution in [3.63, 3.8) is 0 Å². The summed E-state index contributed by atoms with van der Waals surface area (Å²) in [7, 11) is 0. The van der Waals surface area contributed by atoms with Gasteiger partial charge in [-0.25, -0.2) is 18.7 Å². The monoisotopic (exact) mass is 372 g/mol. The second-order valence-electron chi connectivity index (χ2n) is 7.20. The Morgan fingerprint density at radius 2 is 1.81 bits per heavy atom. The highest BCUT2D eigenvalue weighted by Crippen LogP contribution is 2.32. The van der Waals surface area contributed by atoms with Gasteiger partial charge in [0.2, 0.25) is 5.91 Å². The summed E-state index contributed by atoms with van der Waals surface area (Å²) in [4.78, 5) is 25.0. The molecule has 1 aromatic heterocycles. The van der Waals surface area contributed by atoms with Gasteiger partial charge in [0.25, 0.3) is 0 Å². The smallest absolute Gasteiger partial charge is 0.225 e. The Morgan fingerprint density at radius 1 is 1.07 bits per heavy atom. The maximum absolute atomic E-state index is 13.4. The number of carbonyl (C=O) groups excluding carboxylic acids is 1. The molecule has 7 heteroatoms. The van der Waals surface area contributed by atoms with Crippen molar-refractivity contribution in [1.29, 1.82) is 0 Å². The van der Waals surface area contributed by atoms with Crippen LogP contribution in [-0.2, 0) is 4.79 Å². The molecular formula is C20H22F2N4O. The number of piperidine rings is 1. The van der Waals surface area contributed by atoms with Crippen molar-refractivity contribution < 1.29 is 13.6 Å². The predicted octanol–water partition coefficient (Wildman–Crippen LogP) is 3.07. The van der Waals surface area contributed by atoms with E-state index in [-0.39, 0.29) is 24.2 Å². The molecule has 0 aliphatic carbocycles. The third-order valence-corrected chi connectivity index (χ3v) is 5.44. The summed E-state index contributed by atoms with van der Waals surface area (Å²) in [6.07, 6.45) is 4.27. The number of anilines is 1. The lowest BCUT2D eigenvalue weighted by molar-refractivity contribution is -0.135. The van der Waals surface area contributed by atoms with Crippen molar-refractivity contribution in [2.24, 2.45) is 5.92 Å². The second kappa shape index (κ2) is 7.58. The van der Waals surface area contributed by atoms with Crippen LogP contribution in [0.1, 0.15) is 19.3 Å². The summed E-state index contributed by atoms with van der Waals surface area (Å²) in [6, 6.07) is 6.25. The fourth-order valence-corrected chi connectivity index (χ4v) is 3.93. The van der Waals surface area contributed by atoms with E-state index in [0.29, 0.717) is 26.1 Å². The molecule has 2 fully saturated rings. The minimum Gasteiger partial charge on any atom is -0.368 e. The van der Waals surface area contributed by atoms with Gasteiger partial charge in [-0.3, -0.25) is 4.79 Å². The quantitative estimate of drug-likeness (QED) is 0.831. The van der Waals surface area contributed by atoms with Crippen LogP contribution in [0.2, 0.25) is 0 Å². The summed E-state index contributed by atoms with van der Waals surface area (Å²) >= 11 is 0. The number of benzene rings is 1. The van der Waals surface area contributed by atoms with Crippen LogP contribution in [0, 0.1) is 11.7 Å². The van der Waals surface area contributed by atoms with Gasteiger partial charge >= 0.3 is 0 Å². The number of alkyl halides is 1. The Balaban J connectivity index is 1.46. The van der Waals surface area contributed by atoms with Gasteiger partial charge in [0.15, 0.2) is 0 Å². The zero-order valence-corrected chi connectivity index (χ0v) is 15.0. The Labute approximate surface area is 157 Å². The van der Waals surface area contributed by atoms with Crippen molar-refractivity contribution in [3.05, 3.63) is 42.6 Å². The highest BCUT2D eigenvalue weighted by atomic mass is 19.1. The second-order valence-corrected chi connectivity index (χ2v) is 7.20. The van der Waals surface area contributed by atoms with E-state index in [9.17, 15) is 13.6 Å². The Hall–Kier alpha value is -2.57. The molecule has 0 radical (unpaired) electrons. The first-order valence-corrected chi connectivity index (χ1v) is 9.35. The summed E-state index contributed by atoms with van der Waals surface area (Å²) < 4.78 is 26.6. The van der Waals surface area contributed by atoms with Gasteiger partial charge in [-0.2, -0.15) is 0 Å². The van der Waals surface area contributed by atoms with Crippen molar-refractivity contribution in [3.8, 4) is 11.3 Å². The molecule has 5 nitrogen and oxygen atoms in total. The first kappa shape index (κ1) is 17.8. The van der Waals surface area contributed by atoms with Gasteiger partial charge in [-0.15, -0.1) is 0 Å². The molecule has 2 saturated heterocycles. The summed E-state index contributed by atoms with van der Waals surface area (Å²) in [5, 5.41) is 0. The maximum atomic E-state index is 13.4. The van der Waals surface area contributed by atoms with Crippen LogP contribution in [0.15, 0.2) is 36.8 Å². The Kier molecular flexibility index (Phi) is 5.01. The number of nitrogens with zero attached hydrogens (tertiary/aromatic N) is 4. The van der Waals surface area contributed by atoms with Crippen LogP contribution >= 0.6 is 0 Å². The minimum atomic E-state index is -0.881. The van der Waals surface area contributed by atoms with Gasteiger partial charge in [-0.1, -0.05) is 0 Å². The van der Waals surface area contributed by atoms with Crippen LogP contribution in [0.5, 0.6) is 0 Å². The fourth-order valence-electron chi connectivity index (χ4n) is 3.93. The molecule has 1 amide bonds. The van der Waals surface area contributed by atoms with E-state index < -0.39 is 6.17 Å². The Morgan fingerprint density at radius 3 is 2.48 bits per heavy atom. The van der Waals surface area contributed by atoms with Gasteiger partial charge in [0, 0.05) is 31.1 Å². The van der Waals surface area contributed by atoms with Crippen molar-refractivity contribution in [1.82, 2.24) is 14.9 Å². The number of carbonyl (C=O) groups is 1. The molecule has 1 atom stereocenters. The summed E-state index contributed by atoms with van der Waals surface area (Å²) in [6.45, 7) is 2.19. The third-order valence-electron chi connectivity index (χ3n) is 5.44. The molecule has 1 unspecified atom stereocenters. The lowest BCUT2D eigenvalue weighted by atomic mass is 9.94. The molecule has 0 N–H and O–H groups in total. The molecule has 0 spiro atoms. The number of rotatable bonds is 3. The van der Waals surface area contributed by atoms with E-state index in [1.54, 1.807) is 23.2 Å². The zero-order chi connectivity index (χ0) is 18.8. The van der Waals surface area contributed by atoms with E-state index in [1.165, 1.54) is 18.5 Å². The predicted molar refractivity (Wildman–Crippen MR) is 98.5 cm³/mol. The minimum absolute atomic E-state index is 0.0505. The molecule has 2 aromatic rings. The van der Waals surface area contributed by atoms with Crippen LogP contribution in [0.4, 0.5) is 14.5 Å². The first-order valence-electron chi connectivity index (χ1n) is 9.35.